The van der Waals surface area contributed by atoms with Crippen molar-refractivity contribution in [2.45, 2.75) is 16.7 Å². The fourth-order valence-electron chi connectivity index (χ4n) is 2.34. The molecule has 11 heteroatoms. The summed E-state index contributed by atoms with van der Waals surface area (Å²) in [7, 11) is -9.38. The molecule has 2 aromatic carbocycles. The Hall–Kier alpha value is -2.73. The third kappa shape index (κ3) is 4.52. The molecule has 0 amide bonds. The molecule has 0 aliphatic heterocycles. The zero-order valence-electron chi connectivity index (χ0n) is 13.9. The first-order chi connectivity index (χ1) is 12.3. The molecule has 0 fully saturated rings. The van der Waals surface area contributed by atoms with E-state index in [-0.39, 0.29) is 28.1 Å². The minimum atomic E-state index is -4.72. The molecule has 27 heavy (non-hydrogen) atoms. The second kappa shape index (κ2) is 7.12. The lowest BCUT2D eigenvalue weighted by Gasteiger charge is -2.10. The number of anilines is 2. The zero-order chi connectivity index (χ0) is 20.6. The molecular formula is C16H16N2O7S2. The number of carbonyl (C=O) groups is 1. The first-order valence-electron chi connectivity index (χ1n) is 7.28. The molecule has 2 rings (SSSR count). The van der Waals surface area contributed by atoms with Crippen molar-refractivity contribution in [3.8, 4) is 0 Å². The third-order valence-corrected chi connectivity index (χ3v) is 5.54. The summed E-state index contributed by atoms with van der Waals surface area (Å²) in [5.41, 5.74) is 10.7. The summed E-state index contributed by atoms with van der Waals surface area (Å²) in [4.78, 5) is 10.3. The Bertz CT molecular complexity index is 1170. The van der Waals surface area contributed by atoms with Crippen LogP contribution in [0.25, 0.3) is 12.2 Å². The monoisotopic (exact) mass is 412 g/mol. The average Bonchev–Trinajstić information content (AvgIpc) is 2.53. The summed E-state index contributed by atoms with van der Waals surface area (Å²) >= 11 is 0. The molecule has 0 spiro atoms. The Morgan fingerprint density at radius 3 is 2.00 bits per heavy atom. The summed E-state index contributed by atoms with van der Waals surface area (Å²) < 4.78 is 65.2. The van der Waals surface area contributed by atoms with Crippen LogP contribution in [0, 0.1) is 0 Å². The third-order valence-electron chi connectivity index (χ3n) is 3.66. The minimum absolute atomic E-state index is 0.0146. The largest absolute Gasteiger partial charge is 0.397 e. The molecule has 0 unspecified atom stereocenters. The van der Waals surface area contributed by atoms with Gasteiger partial charge in [-0.15, -0.1) is 0 Å². The fraction of sp³-hybridized carbons (Fsp3) is 0.0625. The van der Waals surface area contributed by atoms with Gasteiger partial charge < -0.3 is 11.5 Å². The molecule has 0 aliphatic carbocycles. The summed E-state index contributed by atoms with van der Waals surface area (Å²) in [6, 6.07) is 6.19. The average molecular weight is 412 g/mol. The number of nitrogens with two attached hydrogens (primary N) is 2. The van der Waals surface area contributed by atoms with Crippen molar-refractivity contribution in [1.29, 1.82) is 0 Å². The van der Waals surface area contributed by atoms with Crippen LogP contribution in [0.2, 0.25) is 0 Å². The van der Waals surface area contributed by atoms with E-state index in [4.69, 9.17) is 11.5 Å². The van der Waals surface area contributed by atoms with Crippen LogP contribution in [0.15, 0.2) is 40.1 Å². The Morgan fingerprint density at radius 2 is 1.48 bits per heavy atom. The molecule has 0 bridgehead atoms. The molecule has 2 aromatic rings. The number of Topliss-reactive ketones (excluding diaryl/α,β-unsaturated/α-hetero) is 1. The number of carbonyl (C=O) groups excluding carboxylic acids is 1. The smallest absolute Gasteiger partial charge is 0.297 e. The molecule has 0 heterocycles. The standard InChI is InChI=1S/C16H16N2O7S2/c1-9(19)12-5-3-10(14(8-12)26(20,21)22)2-4-11-6-7-13(17)15(18)16(11)27(23,24)25/h2-8H,17-18H2,1H3,(H,20,21,22)(H,23,24,25). The second-order valence-corrected chi connectivity index (χ2v) is 8.33. The first-order valence-corrected chi connectivity index (χ1v) is 10.2. The maximum absolute atomic E-state index is 11.6. The Morgan fingerprint density at radius 1 is 0.926 bits per heavy atom. The molecule has 0 aromatic heterocycles. The van der Waals surface area contributed by atoms with Gasteiger partial charge in [0.1, 0.15) is 9.79 Å². The van der Waals surface area contributed by atoms with Crippen molar-refractivity contribution in [1.82, 2.24) is 0 Å². The maximum atomic E-state index is 11.6. The van der Waals surface area contributed by atoms with Crippen LogP contribution in [0.4, 0.5) is 11.4 Å². The summed E-state index contributed by atoms with van der Waals surface area (Å²) in [6.45, 7) is 1.23. The van der Waals surface area contributed by atoms with Gasteiger partial charge in [0.15, 0.2) is 5.78 Å². The molecule has 9 nitrogen and oxygen atoms in total. The van der Waals surface area contributed by atoms with E-state index in [0.29, 0.717) is 0 Å². The Balaban J connectivity index is 2.67. The highest BCUT2D eigenvalue weighted by Gasteiger charge is 2.20. The highest BCUT2D eigenvalue weighted by molar-refractivity contribution is 7.86. The number of ketones is 1. The van der Waals surface area contributed by atoms with Gasteiger partial charge in [-0.1, -0.05) is 30.4 Å². The van der Waals surface area contributed by atoms with E-state index in [1.807, 2.05) is 0 Å². The topological polar surface area (TPSA) is 178 Å². The highest BCUT2D eigenvalue weighted by atomic mass is 32.2. The van der Waals surface area contributed by atoms with Gasteiger partial charge in [-0.05, 0) is 30.2 Å². The van der Waals surface area contributed by atoms with Crippen LogP contribution in [-0.2, 0) is 20.2 Å². The van der Waals surface area contributed by atoms with Gasteiger partial charge in [0, 0.05) is 5.56 Å². The van der Waals surface area contributed by atoms with Crippen molar-refractivity contribution >= 4 is 49.5 Å². The first kappa shape index (κ1) is 20.6. The Kier molecular flexibility index (Phi) is 5.42. The van der Waals surface area contributed by atoms with Crippen LogP contribution in [0.3, 0.4) is 0 Å². The molecule has 0 radical (unpaired) electrons. The van der Waals surface area contributed by atoms with E-state index < -0.39 is 35.8 Å². The van der Waals surface area contributed by atoms with Crippen molar-refractivity contribution in [3.05, 3.63) is 47.0 Å². The van der Waals surface area contributed by atoms with Gasteiger partial charge in [-0.3, -0.25) is 13.9 Å². The fourth-order valence-corrected chi connectivity index (χ4v) is 3.88. The second-order valence-electron chi connectivity index (χ2n) is 5.58. The lowest BCUT2D eigenvalue weighted by molar-refractivity contribution is 0.101. The predicted octanol–water partition coefficient (Wildman–Crippen LogP) is 1.72. The van der Waals surface area contributed by atoms with Crippen molar-refractivity contribution in [2.75, 3.05) is 11.5 Å². The van der Waals surface area contributed by atoms with Crippen molar-refractivity contribution < 1.29 is 30.7 Å². The molecule has 0 saturated heterocycles. The lowest BCUT2D eigenvalue weighted by Crippen LogP contribution is -2.08. The van der Waals surface area contributed by atoms with Gasteiger partial charge in [0.2, 0.25) is 0 Å². The van der Waals surface area contributed by atoms with E-state index in [0.717, 1.165) is 6.07 Å². The SMILES string of the molecule is CC(=O)c1ccc(C=Cc2ccc(N)c(N)c2S(=O)(=O)O)c(S(=O)(=O)O)c1. The zero-order valence-corrected chi connectivity index (χ0v) is 15.6. The van der Waals surface area contributed by atoms with Crippen molar-refractivity contribution in [2.24, 2.45) is 0 Å². The summed E-state index contributed by atoms with van der Waals surface area (Å²) in [5, 5.41) is 0. The molecule has 0 saturated carbocycles. The van der Waals surface area contributed by atoms with Gasteiger partial charge in [0.25, 0.3) is 20.2 Å². The van der Waals surface area contributed by atoms with Gasteiger partial charge in [-0.2, -0.15) is 16.8 Å². The van der Waals surface area contributed by atoms with Crippen LogP contribution in [-0.4, -0.2) is 31.7 Å². The summed E-state index contributed by atoms with van der Waals surface area (Å²) in [5.74, 6) is -0.407. The number of rotatable bonds is 5. The number of hydrogen-bond acceptors (Lipinski definition) is 7. The van der Waals surface area contributed by atoms with Gasteiger partial charge in [0.05, 0.1) is 11.4 Å². The molecular weight excluding hydrogens is 396 g/mol. The van der Waals surface area contributed by atoms with E-state index in [1.165, 1.54) is 43.3 Å². The van der Waals surface area contributed by atoms with Gasteiger partial charge in [-0.25, -0.2) is 0 Å². The van der Waals surface area contributed by atoms with Gasteiger partial charge >= 0.3 is 0 Å². The minimum Gasteiger partial charge on any atom is -0.397 e. The van der Waals surface area contributed by atoms with Crippen LogP contribution in [0.5, 0.6) is 0 Å². The maximum Gasteiger partial charge on any atom is 0.297 e. The van der Waals surface area contributed by atoms with E-state index in [1.54, 1.807) is 0 Å². The van der Waals surface area contributed by atoms with E-state index in [9.17, 15) is 30.7 Å². The lowest BCUT2D eigenvalue weighted by atomic mass is 10.1. The predicted molar refractivity (Wildman–Crippen MR) is 100 cm³/mol. The summed E-state index contributed by atoms with van der Waals surface area (Å²) in [6.07, 6.45) is 2.36. The molecule has 6 N–H and O–H groups in total. The quantitative estimate of drug-likeness (QED) is 0.246. The highest BCUT2D eigenvalue weighted by Crippen LogP contribution is 2.30. The normalized spacial score (nSPS) is 12.4. The van der Waals surface area contributed by atoms with E-state index in [2.05, 4.69) is 0 Å². The Labute approximate surface area is 155 Å². The molecule has 0 aliphatic rings. The van der Waals surface area contributed by atoms with Crippen molar-refractivity contribution in [3.63, 3.8) is 0 Å². The van der Waals surface area contributed by atoms with E-state index >= 15 is 0 Å². The number of benzene rings is 2. The van der Waals surface area contributed by atoms with Crippen LogP contribution in [0.1, 0.15) is 28.4 Å². The number of hydrogen-bond donors (Lipinski definition) is 4. The molecule has 0 atom stereocenters. The van der Waals surface area contributed by atoms with Crippen LogP contribution < -0.4 is 11.5 Å². The molecule has 144 valence electrons. The number of nitrogen functional groups attached to an aromatic ring is 2. The van der Waals surface area contributed by atoms with Crippen LogP contribution >= 0.6 is 0 Å².